The van der Waals surface area contributed by atoms with E-state index in [2.05, 4.69) is 61.8 Å². The van der Waals surface area contributed by atoms with Gasteiger partial charge in [0.1, 0.15) is 0 Å². The van der Waals surface area contributed by atoms with Gasteiger partial charge in [0.25, 0.3) is 0 Å². The molecule has 0 saturated carbocycles. The Morgan fingerprint density at radius 3 is 2.92 bits per heavy atom. The summed E-state index contributed by atoms with van der Waals surface area (Å²) in [6, 6.07) is 13.0. The van der Waals surface area contributed by atoms with Gasteiger partial charge in [0.15, 0.2) is 5.82 Å². The van der Waals surface area contributed by atoms with Crippen LogP contribution in [0, 0.1) is 6.92 Å². The molecule has 1 fully saturated rings. The van der Waals surface area contributed by atoms with E-state index in [0.717, 1.165) is 31.1 Å². The first kappa shape index (κ1) is 16.7. The van der Waals surface area contributed by atoms with Crippen molar-refractivity contribution in [1.29, 1.82) is 0 Å². The van der Waals surface area contributed by atoms with Crippen molar-refractivity contribution < 1.29 is 0 Å². The second-order valence-corrected chi connectivity index (χ2v) is 6.84. The lowest BCUT2D eigenvalue weighted by Gasteiger charge is -2.25. The minimum absolute atomic E-state index is 0.460. The fraction of sp³-hybridized carbons (Fsp3) is 0.350. The molecule has 0 aliphatic carbocycles. The zero-order valence-corrected chi connectivity index (χ0v) is 15.0. The Balaban J connectivity index is 1.38. The molecule has 2 aromatic heterocycles. The standard InChI is InChI=1S/C20H24N6/c1-15-6-8-16(9-7-15)20-17(13-23-25-20)12-21-14-18-4-3-11-26(18)19-5-2-10-22-24-19/h2,5-10,13,18,21H,3-4,11-12,14H2,1H3,(H,23,25)/t18-/m1/s1. The number of aromatic amines is 1. The summed E-state index contributed by atoms with van der Waals surface area (Å²) >= 11 is 0. The number of nitrogens with one attached hydrogen (secondary N) is 2. The third-order valence-corrected chi connectivity index (χ3v) is 4.98. The summed E-state index contributed by atoms with van der Waals surface area (Å²) in [5.74, 6) is 0.973. The number of rotatable bonds is 6. The van der Waals surface area contributed by atoms with Crippen LogP contribution in [-0.4, -0.2) is 39.5 Å². The van der Waals surface area contributed by atoms with Crippen molar-refractivity contribution in [2.45, 2.75) is 32.4 Å². The molecule has 0 amide bonds. The summed E-state index contributed by atoms with van der Waals surface area (Å²) < 4.78 is 0. The smallest absolute Gasteiger partial charge is 0.151 e. The molecule has 2 N–H and O–H groups in total. The number of H-pyrrole nitrogens is 1. The molecular weight excluding hydrogens is 324 g/mol. The van der Waals surface area contributed by atoms with Crippen LogP contribution in [0.4, 0.5) is 5.82 Å². The molecule has 1 aliphatic heterocycles. The van der Waals surface area contributed by atoms with Gasteiger partial charge in [-0.1, -0.05) is 29.8 Å². The maximum absolute atomic E-state index is 4.26. The van der Waals surface area contributed by atoms with Crippen molar-refractivity contribution in [1.82, 2.24) is 25.7 Å². The number of aromatic nitrogens is 4. The Hall–Kier alpha value is -2.73. The minimum Gasteiger partial charge on any atom is -0.351 e. The molecule has 0 unspecified atom stereocenters. The Bertz CT molecular complexity index is 827. The molecular formula is C20H24N6. The first-order chi connectivity index (χ1) is 12.8. The van der Waals surface area contributed by atoms with Crippen LogP contribution in [0.15, 0.2) is 48.8 Å². The highest BCUT2D eigenvalue weighted by Gasteiger charge is 2.25. The molecule has 0 radical (unpaired) electrons. The summed E-state index contributed by atoms with van der Waals surface area (Å²) in [4.78, 5) is 2.36. The van der Waals surface area contributed by atoms with Gasteiger partial charge in [0, 0.05) is 37.4 Å². The zero-order valence-electron chi connectivity index (χ0n) is 15.0. The molecule has 0 spiro atoms. The van der Waals surface area contributed by atoms with Gasteiger partial charge in [0.2, 0.25) is 0 Å². The lowest BCUT2D eigenvalue weighted by atomic mass is 10.1. The molecule has 1 aliphatic rings. The van der Waals surface area contributed by atoms with E-state index in [-0.39, 0.29) is 0 Å². The topological polar surface area (TPSA) is 69.7 Å². The summed E-state index contributed by atoms with van der Waals surface area (Å²) in [7, 11) is 0. The molecule has 26 heavy (non-hydrogen) atoms. The number of nitrogens with zero attached hydrogens (tertiary/aromatic N) is 4. The Morgan fingerprint density at radius 2 is 2.12 bits per heavy atom. The van der Waals surface area contributed by atoms with E-state index >= 15 is 0 Å². The number of anilines is 1. The SMILES string of the molecule is Cc1ccc(-c2[nH]ncc2CNC[C@H]2CCCN2c2cccnn2)cc1. The Morgan fingerprint density at radius 1 is 1.23 bits per heavy atom. The fourth-order valence-electron chi connectivity index (χ4n) is 3.58. The first-order valence-electron chi connectivity index (χ1n) is 9.15. The fourth-order valence-corrected chi connectivity index (χ4v) is 3.58. The average molecular weight is 348 g/mol. The van der Waals surface area contributed by atoms with Crippen molar-refractivity contribution in [2.24, 2.45) is 0 Å². The quantitative estimate of drug-likeness (QED) is 0.717. The molecule has 1 aromatic carbocycles. The predicted molar refractivity (Wildman–Crippen MR) is 103 cm³/mol. The van der Waals surface area contributed by atoms with E-state index < -0.39 is 0 Å². The maximum atomic E-state index is 4.26. The molecule has 6 nitrogen and oxygen atoms in total. The van der Waals surface area contributed by atoms with Crippen LogP contribution in [0.3, 0.4) is 0 Å². The number of hydrogen-bond donors (Lipinski definition) is 2. The third-order valence-electron chi connectivity index (χ3n) is 4.98. The highest BCUT2D eigenvalue weighted by Crippen LogP contribution is 2.24. The van der Waals surface area contributed by atoms with Gasteiger partial charge in [-0.2, -0.15) is 10.2 Å². The molecule has 0 bridgehead atoms. The van der Waals surface area contributed by atoms with E-state index in [1.807, 2.05) is 18.3 Å². The minimum atomic E-state index is 0.460. The summed E-state index contributed by atoms with van der Waals surface area (Å²) in [5, 5.41) is 19.3. The van der Waals surface area contributed by atoms with Gasteiger partial charge in [-0.3, -0.25) is 5.10 Å². The average Bonchev–Trinajstić information content (AvgIpc) is 3.33. The number of benzene rings is 1. The predicted octanol–water partition coefficient (Wildman–Crippen LogP) is 2.93. The molecule has 1 saturated heterocycles. The Kier molecular flexibility index (Phi) is 4.93. The van der Waals surface area contributed by atoms with Crippen molar-refractivity contribution in [3.63, 3.8) is 0 Å². The second-order valence-electron chi connectivity index (χ2n) is 6.84. The van der Waals surface area contributed by atoms with Crippen LogP contribution >= 0.6 is 0 Å². The van der Waals surface area contributed by atoms with E-state index in [4.69, 9.17) is 0 Å². The van der Waals surface area contributed by atoms with Gasteiger partial charge >= 0.3 is 0 Å². The van der Waals surface area contributed by atoms with Gasteiger partial charge in [-0.05, 0) is 37.5 Å². The van der Waals surface area contributed by atoms with Crippen LogP contribution in [0.25, 0.3) is 11.3 Å². The molecule has 6 heteroatoms. The Labute approximate surface area is 153 Å². The van der Waals surface area contributed by atoms with Crippen molar-refractivity contribution in [2.75, 3.05) is 18.0 Å². The highest BCUT2D eigenvalue weighted by molar-refractivity contribution is 5.62. The van der Waals surface area contributed by atoms with E-state index in [1.54, 1.807) is 6.20 Å². The van der Waals surface area contributed by atoms with Gasteiger partial charge in [-0.25, -0.2) is 0 Å². The van der Waals surface area contributed by atoms with Crippen molar-refractivity contribution >= 4 is 5.82 Å². The van der Waals surface area contributed by atoms with Gasteiger partial charge in [-0.15, -0.1) is 5.10 Å². The molecule has 1 atom stereocenters. The van der Waals surface area contributed by atoms with Crippen LogP contribution in [0.1, 0.15) is 24.0 Å². The maximum Gasteiger partial charge on any atom is 0.151 e. The van der Waals surface area contributed by atoms with Crippen molar-refractivity contribution in [3.05, 3.63) is 59.9 Å². The summed E-state index contributed by atoms with van der Waals surface area (Å²) in [6.45, 7) is 4.87. The summed E-state index contributed by atoms with van der Waals surface area (Å²) in [6.07, 6.45) is 6.01. The zero-order chi connectivity index (χ0) is 17.8. The summed E-state index contributed by atoms with van der Waals surface area (Å²) in [5.41, 5.74) is 4.72. The first-order valence-corrected chi connectivity index (χ1v) is 9.15. The molecule has 3 heterocycles. The van der Waals surface area contributed by atoms with Crippen LogP contribution in [0.5, 0.6) is 0 Å². The van der Waals surface area contributed by atoms with E-state index in [9.17, 15) is 0 Å². The number of hydrogen-bond acceptors (Lipinski definition) is 5. The van der Waals surface area contributed by atoms with Crippen LogP contribution < -0.4 is 10.2 Å². The molecule has 3 aromatic rings. The largest absolute Gasteiger partial charge is 0.351 e. The monoisotopic (exact) mass is 348 g/mol. The number of aryl methyl sites for hydroxylation is 1. The van der Waals surface area contributed by atoms with Crippen molar-refractivity contribution in [3.8, 4) is 11.3 Å². The second kappa shape index (κ2) is 7.66. The van der Waals surface area contributed by atoms with Crippen LogP contribution in [-0.2, 0) is 6.54 Å². The molecule has 4 rings (SSSR count). The normalized spacial score (nSPS) is 17.0. The lowest BCUT2D eigenvalue weighted by Crippen LogP contribution is -2.38. The third kappa shape index (κ3) is 3.60. The van der Waals surface area contributed by atoms with E-state index in [0.29, 0.717) is 6.04 Å². The lowest BCUT2D eigenvalue weighted by molar-refractivity contribution is 0.570. The van der Waals surface area contributed by atoms with Crippen LogP contribution in [0.2, 0.25) is 0 Å². The van der Waals surface area contributed by atoms with Gasteiger partial charge < -0.3 is 10.2 Å². The highest BCUT2D eigenvalue weighted by atomic mass is 15.3. The van der Waals surface area contributed by atoms with Gasteiger partial charge in [0.05, 0.1) is 11.9 Å². The molecule has 134 valence electrons. The van der Waals surface area contributed by atoms with E-state index in [1.165, 1.54) is 29.5 Å².